The third-order valence-corrected chi connectivity index (χ3v) is 6.60. The minimum Gasteiger partial charge on any atom is -0.484 e. The predicted octanol–water partition coefficient (Wildman–Crippen LogP) is 4.60. The predicted molar refractivity (Wildman–Crippen MR) is 110 cm³/mol. The fourth-order valence-corrected chi connectivity index (χ4v) is 4.74. The van der Waals surface area contributed by atoms with Crippen molar-refractivity contribution in [3.63, 3.8) is 0 Å². The molecule has 3 rings (SSSR count). The van der Waals surface area contributed by atoms with Crippen LogP contribution in [0.1, 0.15) is 31.2 Å². The van der Waals surface area contributed by atoms with Gasteiger partial charge < -0.3 is 10.1 Å². The van der Waals surface area contributed by atoms with Crippen molar-refractivity contribution >= 4 is 33.2 Å². The Morgan fingerprint density at radius 2 is 1.74 bits per heavy atom. The Bertz CT molecular complexity index is 1040. The molecule has 168 valence electrons. The normalized spacial score (nSPS) is 15.1. The summed E-state index contributed by atoms with van der Waals surface area (Å²) in [4.78, 5) is 12.1. The van der Waals surface area contributed by atoms with Crippen LogP contribution < -0.4 is 14.8 Å². The summed E-state index contributed by atoms with van der Waals surface area (Å²) in [5.74, 6) is -0.447. The third-order valence-electron chi connectivity index (χ3n) is 4.74. The fourth-order valence-electron chi connectivity index (χ4n) is 3.21. The lowest BCUT2D eigenvalue weighted by atomic mass is 10.2. The van der Waals surface area contributed by atoms with E-state index in [1.807, 2.05) is 0 Å². The molecule has 0 unspecified atom stereocenters. The zero-order valence-corrected chi connectivity index (χ0v) is 17.8. The van der Waals surface area contributed by atoms with Crippen LogP contribution in [0.4, 0.5) is 18.9 Å². The maximum atomic E-state index is 12.9. The SMILES string of the molecule is O=C(COc1ccc(S(=O)(=O)NC2CCCC2)cc1)Nc1ccc(Cl)c(C(F)(F)F)c1. The van der Waals surface area contributed by atoms with Crippen LogP contribution in [0.15, 0.2) is 47.4 Å². The second-order valence-corrected chi connectivity index (χ2v) is 9.22. The van der Waals surface area contributed by atoms with Crippen molar-refractivity contribution in [3.05, 3.63) is 53.1 Å². The molecule has 0 aliphatic heterocycles. The molecular weight excluding hydrogens is 457 g/mol. The number of nitrogens with one attached hydrogen (secondary N) is 2. The van der Waals surface area contributed by atoms with E-state index in [9.17, 15) is 26.4 Å². The number of hydrogen-bond acceptors (Lipinski definition) is 4. The molecule has 0 saturated heterocycles. The largest absolute Gasteiger partial charge is 0.484 e. The van der Waals surface area contributed by atoms with Gasteiger partial charge in [0.1, 0.15) is 5.75 Å². The minimum absolute atomic E-state index is 0.0599. The summed E-state index contributed by atoms with van der Waals surface area (Å²) in [5, 5.41) is 1.83. The summed E-state index contributed by atoms with van der Waals surface area (Å²) in [5.41, 5.74) is -1.14. The molecule has 0 heterocycles. The van der Waals surface area contributed by atoms with Crippen molar-refractivity contribution in [2.75, 3.05) is 11.9 Å². The maximum Gasteiger partial charge on any atom is 0.417 e. The Balaban J connectivity index is 1.56. The molecule has 1 amide bonds. The minimum atomic E-state index is -4.65. The van der Waals surface area contributed by atoms with Gasteiger partial charge in [-0.05, 0) is 55.3 Å². The van der Waals surface area contributed by atoms with E-state index in [4.69, 9.17) is 16.3 Å². The van der Waals surface area contributed by atoms with Crippen molar-refractivity contribution in [3.8, 4) is 5.75 Å². The number of alkyl halides is 3. The molecule has 1 saturated carbocycles. The second kappa shape index (κ2) is 9.46. The number of amides is 1. The molecule has 11 heteroatoms. The number of ether oxygens (including phenoxy) is 1. The van der Waals surface area contributed by atoms with Crippen LogP contribution in [-0.4, -0.2) is 27.0 Å². The van der Waals surface area contributed by atoms with Crippen molar-refractivity contribution in [1.29, 1.82) is 0 Å². The molecule has 0 aromatic heterocycles. The summed E-state index contributed by atoms with van der Waals surface area (Å²) >= 11 is 5.55. The standard InChI is InChI=1S/C20H20ClF3N2O4S/c21-18-10-5-14(11-17(18)20(22,23)24)25-19(27)12-30-15-6-8-16(9-7-15)31(28,29)26-13-3-1-2-4-13/h5-11,13,26H,1-4,12H2,(H,25,27). The van der Waals surface area contributed by atoms with Crippen molar-refractivity contribution in [2.24, 2.45) is 0 Å². The summed E-state index contributed by atoms with van der Waals surface area (Å²) in [7, 11) is -3.64. The smallest absolute Gasteiger partial charge is 0.417 e. The van der Waals surface area contributed by atoms with Gasteiger partial charge in [-0.1, -0.05) is 24.4 Å². The Labute approximate surface area is 182 Å². The molecule has 0 spiro atoms. The van der Waals surface area contributed by atoms with E-state index >= 15 is 0 Å². The highest BCUT2D eigenvalue weighted by Crippen LogP contribution is 2.36. The molecule has 1 aliphatic rings. The number of halogens is 4. The van der Waals surface area contributed by atoms with Crippen LogP contribution in [0.5, 0.6) is 5.75 Å². The average Bonchev–Trinajstić information content (AvgIpc) is 3.19. The van der Waals surface area contributed by atoms with Crippen LogP contribution in [0, 0.1) is 0 Å². The first kappa shape index (κ1) is 23.4. The highest BCUT2D eigenvalue weighted by molar-refractivity contribution is 7.89. The van der Waals surface area contributed by atoms with E-state index in [0.29, 0.717) is 0 Å². The Hall–Kier alpha value is -2.30. The van der Waals surface area contributed by atoms with E-state index < -0.39 is 39.3 Å². The lowest BCUT2D eigenvalue weighted by Gasteiger charge is -2.13. The van der Waals surface area contributed by atoms with E-state index in [1.54, 1.807) is 0 Å². The zero-order valence-electron chi connectivity index (χ0n) is 16.2. The number of anilines is 1. The van der Waals surface area contributed by atoms with Gasteiger partial charge in [-0.25, -0.2) is 13.1 Å². The summed E-state index contributed by atoms with van der Waals surface area (Å²) in [6.07, 6.45) is -1.03. The van der Waals surface area contributed by atoms with E-state index in [1.165, 1.54) is 30.3 Å². The number of carbonyl (C=O) groups excluding carboxylic acids is 1. The molecule has 2 aromatic carbocycles. The van der Waals surface area contributed by atoms with Crippen molar-refractivity contribution < 1.29 is 31.1 Å². The second-order valence-electron chi connectivity index (χ2n) is 7.10. The van der Waals surface area contributed by atoms with Gasteiger partial charge in [-0.2, -0.15) is 13.2 Å². The lowest BCUT2D eigenvalue weighted by Crippen LogP contribution is -2.32. The third kappa shape index (κ3) is 6.34. The first-order valence-corrected chi connectivity index (χ1v) is 11.3. The summed E-state index contributed by atoms with van der Waals surface area (Å²) in [6.45, 7) is -0.476. The van der Waals surface area contributed by atoms with Crippen molar-refractivity contribution in [2.45, 2.75) is 42.8 Å². The first-order valence-electron chi connectivity index (χ1n) is 9.46. The Morgan fingerprint density at radius 1 is 1.10 bits per heavy atom. The number of carbonyl (C=O) groups is 1. The van der Waals surface area contributed by atoms with E-state index in [-0.39, 0.29) is 22.4 Å². The van der Waals surface area contributed by atoms with Gasteiger partial charge in [-0.3, -0.25) is 4.79 Å². The topological polar surface area (TPSA) is 84.5 Å². The Morgan fingerprint density at radius 3 is 2.35 bits per heavy atom. The molecule has 2 N–H and O–H groups in total. The molecule has 1 fully saturated rings. The van der Waals surface area contributed by atoms with Gasteiger partial charge in [0.2, 0.25) is 10.0 Å². The number of rotatable bonds is 7. The van der Waals surface area contributed by atoms with Crippen LogP contribution in [0.3, 0.4) is 0 Å². The highest BCUT2D eigenvalue weighted by atomic mass is 35.5. The van der Waals surface area contributed by atoms with Crippen LogP contribution in [-0.2, 0) is 21.0 Å². The van der Waals surface area contributed by atoms with Gasteiger partial charge >= 0.3 is 6.18 Å². The fraction of sp³-hybridized carbons (Fsp3) is 0.350. The van der Waals surface area contributed by atoms with Gasteiger partial charge in [0, 0.05) is 11.7 Å². The van der Waals surface area contributed by atoms with Gasteiger partial charge in [-0.15, -0.1) is 0 Å². The Kier molecular flexibility index (Phi) is 7.13. The summed E-state index contributed by atoms with van der Waals surface area (Å²) in [6, 6.07) is 8.48. The molecule has 0 radical (unpaired) electrons. The van der Waals surface area contributed by atoms with E-state index in [0.717, 1.165) is 37.8 Å². The molecule has 6 nitrogen and oxygen atoms in total. The number of hydrogen-bond donors (Lipinski definition) is 2. The molecule has 1 aliphatic carbocycles. The zero-order chi connectivity index (χ0) is 22.6. The maximum absolute atomic E-state index is 12.9. The number of sulfonamides is 1. The van der Waals surface area contributed by atoms with Gasteiger partial charge in [0.15, 0.2) is 6.61 Å². The van der Waals surface area contributed by atoms with Crippen LogP contribution in [0.25, 0.3) is 0 Å². The molecular formula is C20H20ClF3N2O4S. The molecule has 31 heavy (non-hydrogen) atoms. The number of benzene rings is 2. The molecule has 0 atom stereocenters. The van der Waals surface area contributed by atoms with Crippen molar-refractivity contribution in [1.82, 2.24) is 4.72 Å². The molecule has 0 bridgehead atoms. The van der Waals surface area contributed by atoms with Crippen LogP contribution >= 0.6 is 11.6 Å². The van der Waals surface area contributed by atoms with Gasteiger partial charge in [0.25, 0.3) is 5.91 Å². The highest BCUT2D eigenvalue weighted by Gasteiger charge is 2.33. The van der Waals surface area contributed by atoms with Crippen LogP contribution in [0.2, 0.25) is 5.02 Å². The quantitative estimate of drug-likeness (QED) is 0.611. The van der Waals surface area contributed by atoms with E-state index in [2.05, 4.69) is 10.0 Å². The monoisotopic (exact) mass is 476 g/mol. The summed E-state index contributed by atoms with van der Waals surface area (Å²) < 4.78 is 71.4. The van der Waals surface area contributed by atoms with Gasteiger partial charge in [0.05, 0.1) is 15.5 Å². The lowest BCUT2D eigenvalue weighted by molar-refractivity contribution is -0.137. The average molecular weight is 477 g/mol. The molecule has 2 aromatic rings. The first-order chi connectivity index (χ1) is 14.5.